The van der Waals surface area contributed by atoms with Gasteiger partial charge in [-0.15, -0.1) is 0 Å². The number of rotatable bonds is 3. The van der Waals surface area contributed by atoms with Gasteiger partial charge in [-0.25, -0.2) is 4.68 Å². The number of halogens is 1. The van der Waals surface area contributed by atoms with Crippen molar-refractivity contribution in [3.63, 3.8) is 0 Å². The Morgan fingerprint density at radius 2 is 1.62 bits per heavy atom. The molecule has 0 amide bonds. The van der Waals surface area contributed by atoms with E-state index in [1.54, 1.807) is 0 Å². The van der Waals surface area contributed by atoms with Crippen molar-refractivity contribution in [3.05, 3.63) is 76.4 Å². The molecule has 0 unspecified atom stereocenters. The van der Waals surface area contributed by atoms with E-state index >= 15 is 0 Å². The van der Waals surface area contributed by atoms with Crippen LogP contribution in [0.1, 0.15) is 16.7 Å². The molecule has 1 aromatic heterocycles. The van der Waals surface area contributed by atoms with Crippen molar-refractivity contribution in [1.82, 2.24) is 9.78 Å². The van der Waals surface area contributed by atoms with Crippen molar-refractivity contribution in [2.24, 2.45) is 0 Å². The average Bonchev–Trinajstić information content (AvgIpc) is 2.79. The lowest BCUT2D eigenvalue weighted by molar-refractivity contribution is 0.687. The maximum Gasteiger partial charge on any atom is 0.130 e. The molecule has 0 aliphatic heterocycles. The highest BCUT2D eigenvalue weighted by atomic mass is 35.5. The zero-order chi connectivity index (χ0) is 14.8. The fraction of sp³-hybridized carbons (Fsp3) is 0.167. The molecule has 0 bridgehead atoms. The molecule has 1 heterocycles. The van der Waals surface area contributed by atoms with Gasteiger partial charge in [-0.3, -0.25) is 0 Å². The maximum absolute atomic E-state index is 6.47. The van der Waals surface area contributed by atoms with Crippen LogP contribution < -0.4 is 0 Å². The Morgan fingerprint density at radius 3 is 2.33 bits per heavy atom. The van der Waals surface area contributed by atoms with Gasteiger partial charge in [0.15, 0.2) is 0 Å². The molecule has 0 aliphatic carbocycles. The molecule has 3 aromatic rings. The zero-order valence-corrected chi connectivity index (χ0v) is 12.9. The van der Waals surface area contributed by atoms with Crippen LogP contribution in [0.5, 0.6) is 0 Å². The number of hydrogen-bond acceptors (Lipinski definition) is 1. The van der Waals surface area contributed by atoms with Crippen LogP contribution in [0.15, 0.2) is 54.6 Å². The van der Waals surface area contributed by atoms with Crippen molar-refractivity contribution in [3.8, 4) is 11.3 Å². The highest BCUT2D eigenvalue weighted by molar-refractivity contribution is 6.30. The van der Waals surface area contributed by atoms with Crippen LogP contribution in [-0.4, -0.2) is 9.78 Å². The van der Waals surface area contributed by atoms with E-state index in [2.05, 4.69) is 31.2 Å². The second kappa shape index (κ2) is 5.74. The zero-order valence-electron chi connectivity index (χ0n) is 12.2. The van der Waals surface area contributed by atoms with E-state index in [0.29, 0.717) is 11.7 Å². The Morgan fingerprint density at radius 1 is 0.952 bits per heavy atom. The SMILES string of the molecule is Cc1ccccc1Cn1nc(-c2ccccc2)c(C)c1Cl. The summed E-state index contributed by atoms with van der Waals surface area (Å²) in [4.78, 5) is 0. The van der Waals surface area contributed by atoms with Gasteiger partial charge in [-0.1, -0.05) is 66.2 Å². The molecule has 0 aliphatic rings. The first-order valence-electron chi connectivity index (χ1n) is 6.99. The fourth-order valence-electron chi connectivity index (χ4n) is 2.45. The van der Waals surface area contributed by atoms with Crippen molar-refractivity contribution in [2.75, 3.05) is 0 Å². The van der Waals surface area contributed by atoms with E-state index in [9.17, 15) is 0 Å². The summed E-state index contributed by atoms with van der Waals surface area (Å²) >= 11 is 6.47. The molecule has 0 N–H and O–H groups in total. The van der Waals surface area contributed by atoms with Crippen LogP contribution >= 0.6 is 11.6 Å². The second-order valence-electron chi connectivity index (χ2n) is 5.21. The summed E-state index contributed by atoms with van der Waals surface area (Å²) in [6.45, 7) is 4.82. The van der Waals surface area contributed by atoms with Gasteiger partial charge in [0.1, 0.15) is 5.15 Å². The van der Waals surface area contributed by atoms with Crippen LogP contribution in [0.4, 0.5) is 0 Å². The van der Waals surface area contributed by atoms with Gasteiger partial charge < -0.3 is 0 Å². The summed E-state index contributed by atoms with van der Waals surface area (Å²) in [6.07, 6.45) is 0. The minimum Gasteiger partial charge on any atom is -0.249 e. The minimum atomic E-state index is 0.694. The lowest BCUT2D eigenvalue weighted by Crippen LogP contribution is -2.03. The predicted molar refractivity (Wildman–Crippen MR) is 87.7 cm³/mol. The van der Waals surface area contributed by atoms with Crippen LogP contribution in [0.3, 0.4) is 0 Å². The van der Waals surface area contributed by atoms with Crippen LogP contribution in [0, 0.1) is 13.8 Å². The first-order valence-corrected chi connectivity index (χ1v) is 7.37. The largest absolute Gasteiger partial charge is 0.249 e. The summed E-state index contributed by atoms with van der Waals surface area (Å²) < 4.78 is 1.88. The smallest absolute Gasteiger partial charge is 0.130 e. The Kier molecular flexibility index (Phi) is 3.80. The first kappa shape index (κ1) is 13.9. The number of aryl methyl sites for hydroxylation is 1. The van der Waals surface area contributed by atoms with Crippen molar-refractivity contribution in [1.29, 1.82) is 0 Å². The third-order valence-corrected chi connectivity index (χ3v) is 4.22. The molecular weight excluding hydrogens is 280 g/mol. The molecule has 0 saturated carbocycles. The first-order chi connectivity index (χ1) is 10.2. The van der Waals surface area contributed by atoms with Crippen LogP contribution in [-0.2, 0) is 6.54 Å². The molecule has 0 spiro atoms. The number of benzene rings is 2. The molecule has 3 rings (SSSR count). The van der Waals surface area contributed by atoms with Gasteiger partial charge >= 0.3 is 0 Å². The van der Waals surface area contributed by atoms with Gasteiger partial charge in [0.05, 0.1) is 12.2 Å². The molecule has 2 aromatic carbocycles. The summed E-state index contributed by atoms with van der Waals surface area (Å²) in [6, 6.07) is 18.5. The van der Waals surface area contributed by atoms with Crippen LogP contribution in [0.25, 0.3) is 11.3 Å². The van der Waals surface area contributed by atoms with Gasteiger partial charge in [0, 0.05) is 11.1 Å². The van der Waals surface area contributed by atoms with Gasteiger partial charge in [0.2, 0.25) is 0 Å². The third-order valence-electron chi connectivity index (χ3n) is 3.74. The lowest BCUT2D eigenvalue weighted by atomic mass is 10.1. The Bertz CT molecular complexity index is 760. The Hall–Kier alpha value is -2.06. The predicted octanol–water partition coefficient (Wildman–Crippen LogP) is 4.87. The standard InChI is InChI=1S/C18H17ClN2/c1-13-8-6-7-11-16(13)12-21-18(19)14(2)17(20-21)15-9-4-3-5-10-15/h3-11H,12H2,1-2H3. The lowest BCUT2D eigenvalue weighted by Gasteiger charge is -2.06. The van der Waals surface area contributed by atoms with Gasteiger partial charge in [0.25, 0.3) is 0 Å². The average molecular weight is 297 g/mol. The molecule has 0 fully saturated rings. The minimum absolute atomic E-state index is 0.694. The highest BCUT2D eigenvalue weighted by Crippen LogP contribution is 2.28. The molecule has 21 heavy (non-hydrogen) atoms. The Balaban J connectivity index is 2.00. The molecule has 0 atom stereocenters. The number of hydrogen-bond donors (Lipinski definition) is 0. The molecule has 0 saturated heterocycles. The van der Waals surface area contributed by atoms with Crippen molar-refractivity contribution < 1.29 is 0 Å². The summed E-state index contributed by atoms with van der Waals surface area (Å²) in [5.41, 5.74) is 5.57. The topological polar surface area (TPSA) is 17.8 Å². The molecule has 2 nitrogen and oxygen atoms in total. The Labute approximate surface area is 130 Å². The normalized spacial score (nSPS) is 10.8. The summed E-state index contributed by atoms with van der Waals surface area (Å²) in [5, 5.41) is 5.41. The monoisotopic (exact) mass is 296 g/mol. The van der Waals surface area contributed by atoms with Gasteiger partial charge in [-0.05, 0) is 25.0 Å². The van der Waals surface area contributed by atoms with E-state index in [-0.39, 0.29) is 0 Å². The van der Waals surface area contributed by atoms with Crippen LogP contribution in [0.2, 0.25) is 5.15 Å². The van der Waals surface area contributed by atoms with E-state index in [1.165, 1.54) is 11.1 Å². The van der Waals surface area contributed by atoms with E-state index in [1.807, 2.05) is 41.9 Å². The molecular formula is C18H17ClN2. The highest BCUT2D eigenvalue weighted by Gasteiger charge is 2.14. The van der Waals surface area contributed by atoms with Crippen molar-refractivity contribution >= 4 is 11.6 Å². The van der Waals surface area contributed by atoms with Crippen molar-refractivity contribution in [2.45, 2.75) is 20.4 Å². The van der Waals surface area contributed by atoms with E-state index < -0.39 is 0 Å². The van der Waals surface area contributed by atoms with E-state index in [4.69, 9.17) is 16.7 Å². The third kappa shape index (κ3) is 2.72. The summed E-state index contributed by atoms with van der Waals surface area (Å²) in [5.74, 6) is 0. The molecule has 0 radical (unpaired) electrons. The second-order valence-corrected chi connectivity index (χ2v) is 5.57. The van der Waals surface area contributed by atoms with Gasteiger partial charge in [-0.2, -0.15) is 5.10 Å². The number of aromatic nitrogens is 2. The molecule has 3 heteroatoms. The summed E-state index contributed by atoms with van der Waals surface area (Å²) in [7, 11) is 0. The fourth-order valence-corrected chi connectivity index (χ4v) is 2.64. The quantitative estimate of drug-likeness (QED) is 0.674. The van der Waals surface area contributed by atoms with E-state index in [0.717, 1.165) is 16.8 Å². The molecule has 106 valence electrons. The maximum atomic E-state index is 6.47. The number of nitrogens with zero attached hydrogens (tertiary/aromatic N) is 2.